The van der Waals surface area contributed by atoms with Gasteiger partial charge < -0.3 is 24.5 Å². The Balaban J connectivity index is 1.20. The molecule has 1 saturated heterocycles. The zero-order valence-corrected chi connectivity index (χ0v) is 23.9. The Morgan fingerprint density at radius 3 is 2.64 bits per heavy atom. The number of anilines is 3. The molecular formula is C26H24ClF5N10O2. The third-order valence-corrected chi connectivity index (χ3v) is 7.50. The van der Waals surface area contributed by atoms with Crippen LogP contribution in [-0.2, 0) is 20.3 Å². The lowest BCUT2D eigenvalue weighted by atomic mass is 10.2. The number of nitrogens with one attached hydrogen (secondary N) is 2. The highest BCUT2D eigenvalue weighted by atomic mass is 35.5. The van der Waals surface area contributed by atoms with E-state index in [9.17, 15) is 26.7 Å². The lowest BCUT2D eigenvalue weighted by molar-refractivity contribution is -0.138. The molecule has 5 aromatic rings. The third-order valence-electron chi connectivity index (χ3n) is 7.13. The van der Waals surface area contributed by atoms with Crippen LogP contribution in [0.1, 0.15) is 12.0 Å². The molecule has 1 aliphatic rings. The molecule has 0 radical (unpaired) electrons. The maximum absolute atomic E-state index is 13.4. The standard InChI is InChI=1S/C26H24ClF5N10O2/c1-39-11-14(26(30,31)32)7-15(23(39)43)37-24-38-22-21(40(24)2)20(27)18(9-35-22)44-17-10-36-42-12-19(34-8-16(17)42)33-4-6-41-5-3-25(28,29)13-41/h7-12,33H,3-6,13H2,1-2H3,(H,35,37,38). The van der Waals surface area contributed by atoms with E-state index in [-0.39, 0.29) is 41.0 Å². The summed E-state index contributed by atoms with van der Waals surface area (Å²) >= 11 is 6.65. The lowest BCUT2D eigenvalue weighted by Crippen LogP contribution is -2.29. The Morgan fingerprint density at radius 1 is 1.11 bits per heavy atom. The van der Waals surface area contributed by atoms with Gasteiger partial charge in [0.15, 0.2) is 17.1 Å². The van der Waals surface area contributed by atoms with E-state index in [2.05, 4.69) is 30.7 Å². The van der Waals surface area contributed by atoms with Crippen LogP contribution in [-0.4, -0.2) is 70.7 Å². The van der Waals surface area contributed by atoms with Crippen molar-refractivity contribution in [1.29, 1.82) is 0 Å². The van der Waals surface area contributed by atoms with Gasteiger partial charge in [-0.05, 0) is 6.07 Å². The molecule has 5 aromatic heterocycles. The van der Waals surface area contributed by atoms with Crippen molar-refractivity contribution in [3.63, 3.8) is 0 Å². The molecule has 0 spiro atoms. The maximum atomic E-state index is 13.4. The summed E-state index contributed by atoms with van der Waals surface area (Å²) in [5.74, 6) is -1.68. The van der Waals surface area contributed by atoms with Gasteiger partial charge in [0.2, 0.25) is 5.95 Å². The van der Waals surface area contributed by atoms with Crippen LogP contribution in [0.3, 0.4) is 0 Å². The number of imidazole rings is 1. The molecule has 6 rings (SSSR count). The van der Waals surface area contributed by atoms with Gasteiger partial charge in [-0.1, -0.05) is 11.6 Å². The number of halogens is 6. The van der Waals surface area contributed by atoms with Crippen LogP contribution in [0.25, 0.3) is 16.7 Å². The second kappa shape index (κ2) is 10.9. The topological polar surface area (TPSA) is 119 Å². The first-order chi connectivity index (χ1) is 20.8. The summed E-state index contributed by atoms with van der Waals surface area (Å²) in [7, 11) is 2.77. The van der Waals surface area contributed by atoms with E-state index in [0.717, 1.165) is 4.57 Å². The molecule has 12 nitrogen and oxygen atoms in total. The van der Waals surface area contributed by atoms with Gasteiger partial charge in [-0.2, -0.15) is 23.3 Å². The van der Waals surface area contributed by atoms with Gasteiger partial charge in [0, 0.05) is 46.3 Å². The van der Waals surface area contributed by atoms with Crippen LogP contribution in [0.15, 0.2) is 41.8 Å². The summed E-state index contributed by atoms with van der Waals surface area (Å²) in [6.07, 6.45) is 1.84. The molecule has 6 heterocycles. The van der Waals surface area contributed by atoms with Crippen LogP contribution in [0.2, 0.25) is 5.02 Å². The SMILES string of the molecule is Cn1cc(C(F)(F)F)cc(Nc2nc3ncc(Oc4cnn5cc(NCCN6CCC(F)(F)C6)ncc45)c(Cl)c3n2C)c1=O. The number of fused-ring (bicyclic) bond motifs is 2. The van der Waals surface area contributed by atoms with Gasteiger partial charge in [-0.3, -0.25) is 9.69 Å². The van der Waals surface area contributed by atoms with Crippen LogP contribution < -0.4 is 20.9 Å². The molecule has 0 saturated carbocycles. The fourth-order valence-electron chi connectivity index (χ4n) is 4.86. The number of ether oxygens (including phenoxy) is 1. The number of likely N-dealkylation sites (tertiary alicyclic amines) is 1. The monoisotopic (exact) mass is 638 g/mol. The van der Waals surface area contributed by atoms with Crippen molar-refractivity contribution < 1.29 is 26.7 Å². The van der Waals surface area contributed by atoms with Crippen LogP contribution in [0.5, 0.6) is 11.5 Å². The summed E-state index contributed by atoms with van der Waals surface area (Å²) in [6, 6.07) is 0.709. The molecule has 0 amide bonds. The fraction of sp³-hybridized carbons (Fsp3) is 0.346. The number of rotatable bonds is 8. The van der Waals surface area contributed by atoms with Gasteiger partial charge in [-0.15, -0.1) is 0 Å². The fourth-order valence-corrected chi connectivity index (χ4v) is 5.16. The number of aryl methyl sites for hydroxylation is 2. The molecule has 1 aliphatic heterocycles. The van der Waals surface area contributed by atoms with Gasteiger partial charge in [0.1, 0.15) is 27.6 Å². The Hall–Kier alpha value is -4.51. The number of alkyl halides is 5. The van der Waals surface area contributed by atoms with E-state index in [1.54, 1.807) is 18.1 Å². The first kappa shape index (κ1) is 29.6. The number of hydrogen-bond acceptors (Lipinski definition) is 9. The quantitative estimate of drug-likeness (QED) is 0.234. The van der Waals surface area contributed by atoms with Crippen LogP contribution in [0, 0.1) is 0 Å². The average Bonchev–Trinajstić information content (AvgIpc) is 3.62. The van der Waals surface area contributed by atoms with Gasteiger partial charge in [0.25, 0.3) is 11.5 Å². The molecule has 0 aromatic carbocycles. The van der Waals surface area contributed by atoms with Crippen molar-refractivity contribution in [2.45, 2.75) is 18.5 Å². The second-order valence-electron chi connectivity index (χ2n) is 10.3. The van der Waals surface area contributed by atoms with Gasteiger partial charge >= 0.3 is 6.18 Å². The Kier molecular flexibility index (Phi) is 7.31. The summed E-state index contributed by atoms with van der Waals surface area (Å²) < 4.78 is 76.5. The molecule has 2 N–H and O–H groups in total. The van der Waals surface area contributed by atoms with Crippen LogP contribution >= 0.6 is 11.6 Å². The largest absolute Gasteiger partial charge is 0.450 e. The van der Waals surface area contributed by atoms with Gasteiger partial charge in [-0.25, -0.2) is 23.3 Å². The minimum atomic E-state index is -4.66. The molecule has 18 heteroatoms. The van der Waals surface area contributed by atoms with Crippen LogP contribution in [0.4, 0.5) is 39.4 Å². The van der Waals surface area contributed by atoms with Gasteiger partial charge in [0.05, 0.1) is 36.9 Å². The summed E-state index contributed by atoms with van der Waals surface area (Å²) in [5, 5.41) is 10.1. The number of aromatic nitrogens is 7. The Bertz CT molecular complexity index is 1940. The van der Waals surface area contributed by atoms with Crippen molar-refractivity contribution in [2.75, 3.05) is 36.8 Å². The number of pyridine rings is 2. The highest BCUT2D eigenvalue weighted by Crippen LogP contribution is 2.37. The molecule has 0 unspecified atom stereocenters. The van der Waals surface area contributed by atoms with Crippen molar-refractivity contribution in [3.8, 4) is 11.5 Å². The lowest BCUT2D eigenvalue weighted by Gasteiger charge is -2.15. The highest BCUT2D eigenvalue weighted by molar-refractivity contribution is 6.36. The van der Waals surface area contributed by atoms with E-state index < -0.39 is 23.2 Å². The van der Waals surface area contributed by atoms with Crippen molar-refractivity contribution in [3.05, 3.63) is 58.0 Å². The zero-order valence-electron chi connectivity index (χ0n) is 23.2. The molecule has 0 aliphatic carbocycles. The first-order valence-electron chi connectivity index (χ1n) is 13.2. The Labute approximate surface area is 250 Å². The number of hydrogen-bond donors (Lipinski definition) is 2. The molecule has 44 heavy (non-hydrogen) atoms. The molecule has 0 bridgehead atoms. The predicted molar refractivity (Wildman–Crippen MR) is 151 cm³/mol. The molecular weight excluding hydrogens is 615 g/mol. The third kappa shape index (κ3) is 5.71. The summed E-state index contributed by atoms with van der Waals surface area (Å²) in [5.41, 5.74) is -1.08. The first-order valence-corrected chi connectivity index (χ1v) is 13.6. The van der Waals surface area contributed by atoms with E-state index in [1.807, 2.05) is 0 Å². The normalized spacial score (nSPS) is 15.4. The highest BCUT2D eigenvalue weighted by Gasteiger charge is 2.37. The number of nitrogens with zero attached hydrogens (tertiary/aromatic N) is 8. The minimum absolute atomic E-state index is 0.0293. The average molecular weight is 639 g/mol. The molecule has 1 fully saturated rings. The maximum Gasteiger partial charge on any atom is 0.417 e. The molecule has 232 valence electrons. The smallest absolute Gasteiger partial charge is 0.417 e. The predicted octanol–water partition coefficient (Wildman–Crippen LogP) is 4.67. The summed E-state index contributed by atoms with van der Waals surface area (Å²) in [4.78, 5) is 27.1. The zero-order chi connectivity index (χ0) is 31.4. The van der Waals surface area contributed by atoms with Crippen molar-refractivity contribution >= 4 is 45.7 Å². The van der Waals surface area contributed by atoms with Crippen molar-refractivity contribution in [1.82, 2.24) is 38.6 Å². The second-order valence-corrected chi connectivity index (χ2v) is 10.7. The van der Waals surface area contributed by atoms with E-state index in [4.69, 9.17) is 16.3 Å². The van der Waals surface area contributed by atoms with E-state index in [0.29, 0.717) is 54.5 Å². The molecule has 0 atom stereocenters. The minimum Gasteiger partial charge on any atom is -0.450 e. The summed E-state index contributed by atoms with van der Waals surface area (Å²) in [6.45, 7) is 0.955. The van der Waals surface area contributed by atoms with E-state index >= 15 is 0 Å². The van der Waals surface area contributed by atoms with Crippen molar-refractivity contribution in [2.24, 2.45) is 14.1 Å². The van der Waals surface area contributed by atoms with E-state index in [1.165, 1.54) is 34.7 Å². The Morgan fingerprint density at radius 2 is 1.91 bits per heavy atom.